The number of carbonyl (C=O) groups excluding carboxylic acids is 1. The molecule has 1 aromatic heterocycles. The zero-order chi connectivity index (χ0) is 13.8. The molecular formula is C15H14Cl2OS. The van der Waals surface area contributed by atoms with E-state index in [0.29, 0.717) is 22.9 Å². The van der Waals surface area contributed by atoms with Crippen LogP contribution >= 0.6 is 34.5 Å². The van der Waals surface area contributed by atoms with Crippen molar-refractivity contribution in [1.82, 2.24) is 0 Å². The highest BCUT2D eigenvalue weighted by Crippen LogP contribution is 2.23. The molecule has 0 N–H and O–H groups in total. The fourth-order valence-corrected chi connectivity index (χ4v) is 3.15. The molecule has 1 heterocycles. The van der Waals surface area contributed by atoms with Gasteiger partial charge in [-0.15, -0.1) is 11.3 Å². The third-order valence-corrected chi connectivity index (χ3v) is 4.79. The summed E-state index contributed by atoms with van der Waals surface area (Å²) in [6.45, 7) is 2.12. The van der Waals surface area contributed by atoms with E-state index in [1.807, 2.05) is 12.1 Å². The molecule has 1 nitrogen and oxygen atoms in total. The number of carbonyl (C=O) groups is 1. The summed E-state index contributed by atoms with van der Waals surface area (Å²) in [5, 5.41) is 1.01. The van der Waals surface area contributed by atoms with E-state index >= 15 is 0 Å². The van der Waals surface area contributed by atoms with Gasteiger partial charge in [0.25, 0.3) is 0 Å². The molecular weight excluding hydrogens is 299 g/mol. The van der Waals surface area contributed by atoms with Crippen molar-refractivity contribution in [3.63, 3.8) is 0 Å². The van der Waals surface area contributed by atoms with Gasteiger partial charge in [0, 0.05) is 22.6 Å². The Bertz CT molecular complexity index is 590. The minimum absolute atomic E-state index is 0.197. The van der Waals surface area contributed by atoms with E-state index in [-0.39, 0.29) is 5.78 Å². The topological polar surface area (TPSA) is 17.1 Å². The summed E-state index contributed by atoms with van der Waals surface area (Å²) < 4.78 is 0. The Balaban J connectivity index is 1.98. The van der Waals surface area contributed by atoms with Crippen LogP contribution in [0.2, 0.25) is 10.0 Å². The minimum atomic E-state index is 0.197. The normalized spacial score (nSPS) is 10.7. The molecule has 0 aliphatic rings. The molecule has 1 aromatic carbocycles. The number of thiophene rings is 1. The van der Waals surface area contributed by atoms with Gasteiger partial charge in [-0.3, -0.25) is 4.79 Å². The van der Waals surface area contributed by atoms with Gasteiger partial charge in [-0.1, -0.05) is 36.2 Å². The van der Waals surface area contributed by atoms with Crippen molar-refractivity contribution in [2.45, 2.75) is 26.2 Å². The first-order chi connectivity index (χ1) is 9.08. The molecule has 0 fully saturated rings. The standard InChI is InChI=1S/C15H14Cl2OS/c1-2-12-4-5-13(19-12)9-11(18)7-10-3-6-14(16)15(17)8-10/h3-6,8H,2,7,9H2,1H3. The van der Waals surface area contributed by atoms with E-state index in [2.05, 4.69) is 13.0 Å². The lowest BCUT2D eigenvalue weighted by molar-refractivity contribution is -0.117. The smallest absolute Gasteiger partial charge is 0.142 e. The molecule has 19 heavy (non-hydrogen) atoms. The van der Waals surface area contributed by atoms with Crippen LogP contribution in [-0.2, 0) is 24.1 Å². The van der Waals surface area contributed by atoms with Crippen LogP contribution in [0.25, 0.3) is 0 Å². The minimum Gasteiger partial charge on any atom is -0.299 e. The summed E-state index contributed by atoms with van der Waals surface area (Å²) in [6, 6.07) is 9.46. The van der Waals surface area contributed by atoms with Crippen LogP contribution in [0, 0.1) is 0 Å². The molecule has 0 radical (unpaired) electrons. The SMILES string of the molecule is CCc1ccc(CC(=O)Cc2ccc(Cl)c(Cl)c2)s1. The van der Waals surface area contributed by atoms with Crippen molar-refractivity contribution in [3.8, 4) is 0 Å². The predicted molar refractivity (Wildman–Crippen MR) is 82.6 cm³/mol. The van der Waals surface area contributed by atoms with Crippen LogP contribution in [0.1, 0.15) is 22.2 Å². The number of ketones is 1. The predicted octanol–water partition coefficient (Wildman–Crippen LogP) is 4.97. The second-order valence-corrected chi connectivity index (χ2v) is 6.43. The number of hydrogen-bond acceptors (Lipinski definition) is 2. The van der Waals surface area contributed by atoms with Gasteiger partial charge in [-0.2, -0.15) is 0 Å². The van der Waals surface area contributed by atoms with Gasteiger partial charge in [-0.25, -0.2) is 0 Å². The highest BCUT2D eigenvalue weighted by molar-refractivity contribution is 7.12. The summed E-state index contributed by atoms with van der Waals surface area (Å²) in [4.78, 5) is 14.5. The first-order valence-electron chi connectivity index (χ1n) is 6.11. The number of benzene rings is 1. The molecule has 0 aliphatic heterocycles. The summed E-state index contributed by atoms with van der Waals surface area (Å²) in [7, 11) is 0. The van der Waals surface area contributed by atoms with Crippen LogP contribution in [0.5, 0.6) is 0 Å². The van der Waals surface area contributed by atoms with Crippen LogP contribution in [0.4, 0.5) is 0 Å². The molecule has 0 amide bonds. The number of halogens is 2. The van der Waals surface area contributed by atoms with Crippen LogP contribution in [-0.4, -0.2) is 5.78 Å². The van der Waals surface area contributed by atoms with E-state index in [9.17, 15) is 4.79 Å². The third kappa shape index (κ3) is 4.07. The van der Waals surface area contributed by atoms with Crippen LogP contribution in [0.15, 0.2) is 30.3 Å². The average Bonchev–Trinajstić information content (AvgIpc) is 2.81. The van der Waals surface area contributed by atoms with Gasteiger partial charge in [-0.05, 0) is 36.2 Å². The first kappa shape index (κ1) is 14.6. The first-order valence-corrected chi connectivity index (χ1v) is 7.69. The molecule has 0 atom stereocenters. The van der Waals surface area contributed by atoms with Crippen molar-refractivity contribution >= 4 is 40.3 Å². The molecule has 2 aromatic rings. The monoisotopic (exact) mass is 312 g/mol. The number of hydrogen-bond donors (Lipinski definition) is 0. The Morgan fingerprint density at radius 2 is 1.79 bits per heavy atom. The van der Waals surface area contributed by atoms with Gasteiger partial charge in [0.05, 0.1) is 10.0 Å². The Kier molecular flexibility index (Phi) is 5.03. The van der Waals surface area contributed by atoms with Crippen LogP contribution in [0.3, 0.4) is 0 Å². The van der Waals surface area contributed by atoms with Crippen molar-refractivity contribution in [3.05, 3.63) is 55.7 Å². The lowest BCUT2D eigenvalue weighted by Crippen LogP contribution is -2.05. The van der Waals surface area contributed by atoms with E-state index in [1.54, 1.807) is 23.5 Å². The van der Waals surface area contributed by atoms with Crippen molar-refractivity contribution in [2.75, 3.05) is 0 Å². The quantitative estimate of drug-likeness (QED) is 0.761. The van der Waals surface area contributed by atoms with Crippen molar-refractivity contribution < 1.29 is 4.79 Å². The van der Waals surface area contributed by atoms with Gasteiger partial charge >= 0.3 is 0 Å². The second-order valence-electron chi connectivity index (χ2n) is 4.36. The highest BCUT2D eigenvalue weighted by atomic mass is 35.5. The van der Waals surface area contributed by atoms with E-state index < -0.39 is 0 Å². The lowest BCUT2D eigenvalue weighted by atomic mass is 10.1. The second kappa shape index (κ2) is 6.56. The zero-order valence-corrected chi connectivity index (χ0v) is 12.9. The molecule has 100 valence electrons. The maximum atomic E-state index is 12.0. The maximum absolute atomic E-state index is 12.0. The van der Waals surface area contributed by atoms with Gasteiger partial charge in [0.15, 0.2) is 0 Å². The molecule has 2 rings (SSSR count). The fourth-order valence-electron chi connectivity index (χ4n) is 1.84. The molecule has 0 bridgehead atoms. The van der Waals surface area contributed by atoms with Crippen molar-refractivity contribution in [2.24, 2.45) is 0 Å². The number of rotatable bonds is 5. The molecule has 0 saturated carbocycles. The largest absolute Gasteiger partial charge is 0.299 e. The third-order valence-electron chi connectivity index (χ3n) is 2.82. The summed E-state index contributed by atoms with van der Waals surface area (Å²) in [5.41, 5.74) is 0.909. The molecule has 0 unspecified atom stereocenters. The highest BCUT2D eigenvalue weighted by Gasteiger charge is 2.08. The maximum Gasteiger partial charge on any atom is 0.142 e. The molecule has 0 aliphatic carbocycles. The van der Waals surface area contributed by atoms with E-state index in [0.717, 1.165) is 16.9 Å². The van der Waals surface area contributed by atoms with Crippen LogP contribution < -0.4 is 0 Å². The Morgan fingerprint density at radius 3 is 2.42 bits per heavy atom. The lowest BCUT2D eigenvalue weighted by Gasteiger charge is -2.02. The molecule has 0 saturated heterocycles. The summed E-state index contributed by atoms with van der Waals surface area (Å²) in [6.07, 6.45) is 1.91. The van der Waals surface area contributed by atoms with E-state index in [1.165, 1.54) is 4.88 Å². The number of Topliss-reactive ketones (excluding diaryl/α,β-unsaturated/α-hetero) is 1. The number of aryl methyl sites for hydroxylation is 1. The Labute approximate surface area is 127 Å². The summed E-state index contributed by atoms with van der Waals surface area (Å²) >= 11 is 13.5. The fraction of sp³-hybridized carbons (Fsp3) is 0.267. The van der Waals surface area contributed by atoms with Gasteiger partial charge < -0.3 is 0 Å². The Hall–Kier alpha value is -0.830. The average molecular weight is 313 g/mol. The van der Waals surface area contributed by atoms with E-state index in [4.69, 9.17) is 23.2 Å². The molecule has 0 spiro atoms. The summed E-state index contributed by atoms with van der Waals surface area (Å²) in [5.74, 6) is 0.197. The Morgan fingerprint density at radius 1 is 1.05 bits per heavy atom. The van der Waals surface area contributed by atoms with Gasteiger partial charge in [0.1, 0.15) is 5.78 Å². The van der Waals surface area contributed by atoms with Crippen molar-refractivity contribution in [1.29, 1.82) is 0 Å². The zero-order valence-electron chi connectivity index (χ0n) is 10.6. The molecule has 4 heteroatoms. The van der Waals surface area contributed by atoms with Gasteiger partial charge in [0.2, 0.25) is 0 Å².